The molecule has 25 heavy (non-hydrogen) atoms. The predicted octanol–water partition coefficient (Wildman–Crippen LogP) is 3.08. The van der Waals surface area contributed by atoms with E-state index in [0.29, 0.717) is 30.0 Å². The molecule has 0 unspecified atom stereocenters. The first-order valence-corrected chi connectivity index (χ1v) is 9.33. The van der Waals surface area contributed by atoms with E-state index in [-0.39, 0.29) is 12.0 Å². The Kier molecular flexibility index (Phi) is 4.20. The van der Waals surface area contributed by atoms with Crippen LogP contribution in [0.4, 0.5) is 14.6 Å². The zero-order valence-electron chi connectivity index (χ0n) is 14.8. The Morgan fingerprint density at radius 3 is 2.60 bits per heavy atom. The number of carbonyl (C=O) groups excluding carboxylic acids is 1. The summed E-state index contributed by atoms with van der Waals surface area (Å²) in [7, 11) is 0. The Hall–Kier alpha value is -1.66. The maximum atomic E-state index is 13.5. The molecule has 1 aliphatic carbocycles. The highest BCUT2D eigenvalue weighted by molar-refractivity contribution is 5.81. The number of nitrogens with one attached hydrogen (secondary N) is 1. The molecule has 2 aliphatic heterocycles. The van der Waals surface area contributed by atoms with Crippen LogP contribution in [0.5, 0.6) is 0 Å². The number of alkyl halides is 2. The van der Waals surface area contributed by atoms with Gasteiger partial charge in [0.05, 0.1) is 5.69 Å². The number of aromatic nitrogens is 2. The number of rotatable bonds is 3. The van der Waals surface area contributed by atoms with E-state index in [2.05, 4.69) is 17.3 Å². The number of aryl methyl sites for hydroxylation is 1. The van der Waals surface area contributed by atoms with Crippen molar-refractivity contribution < 1.29 is 13.6 Å². The van der Waals surface area contributed by atoms with Crippen molar-refractivity contribution in [2.45, 2.75) is 58.0 Å². The number of fused-ring (bicyclic) bond motifs is 1. The summed E-state index contributed by atoms with van der Waals surface area (Å²) < 4.78 is 28.5. The monoisotopic (exact) mass is 352 g/mol. The minimum absolute atomic E-state index is 0.0275. The van der Waals surface area contributed by atoms with Crippen molar-refractivity contribution in [2.24, 2.45) is 17.8 Å². The molecule has 7 heteroatoms. The van der Waals surface area contributed by atoms with Crippen LogP contribution in [0.3, 0.4) is 0 Å². The van der Waals surface area contributed by atoms with Gasteiger partial charge in [-0.25, -0.2) is 13.5 Å². The summed E-state index contributed by atoms with van der Waals surface area (Å²) in [5.41, 5.74) is 0.757. The van der Waals surface area contributed by atoms with Gasteiger partial charge in [0.1, 0.15) is 11.9 Å². The lowest BCUT2D eigenvalue weighted by atomic mass is 9.85. The molecule has 4 rings (SSSR count). The molecular formula is C18H26F2N4O. The highest BCUT2D eigenvalue weighted by Gasteiger charge is 2.43. The summed E-state index contributed by atoms with van der Waals surface area (Å²) in [5, 5.41) is 7.65. The Balaban J connectivity index is 1.41. The van der Waals surface area contributed by atoms with Gasteiger partial charge in [-0.05, 0) is 44.4 Å². The minimum Gasteiger partial charge on any atom is -0.367 e. The number of hydrogen-bond acceptors (Lipinski definition) is 3. The van der Waals surface area contributed by atoms with Gasteiger partial charge < -0.3 is 10.2 Å². The second-order valence-corrected chi connectivity index (χ2v) is 7.99. The number of nitrogens with zero attached hydrogens (tertiary/aromatic N) is 3. The molecule has 138 valence electrons. The summed E-state index contributed by atoms with van der Waals surface area (Å²) in [4.78, 5) is 14.3. The summed E-state index contributed by atoms with van der Waals surface area (Å²) in [5.74, 6) is 2.07. The fraction of sp³-hybridized carbons (Fsp3) is 0.778. The van der Waals surface area contributed by atoms with Gasteiger partial charge in [0.2, 0.25) is 5.91 Å². The first kappa shape index (κ1) is 16.8. The molecule has 0 aromatic carbocycles. The average molecular weight is 352 g/mol. The average Bonchev–Trinajstić information content (AvgIpc) is 3.19. The van der Waals surface area contributed by atoms with Crippen LogP contribution in [-0.2, 0) is 4.79 Å². The normalized spacial score (nSPS) is 32.4. The molecule has 1 aromatic heterocycles. The van der Waals surface area contributed by atoms with Crippen molar-refractivity contribution in [2.75, 3.05) is 18.4 Å². The standard InChI is InChI=1S/C18H26F2N4O/c1-10-7-13(10)18(25)23-5-3-12(4-6-23)14-9-15(17(19)20)24-16(21-14)8-11(2)22-24/h8,10,12-15,17,21H,3-7,9H2,1-2H3/t10-,13+,14+,15-/m1/s1. The second kappa shape index (κ2) is 6.25. The topological polar surface area (TPSA) is 50.2 Å². The quantitative estimate of drug-likeness (QED) is 0.910. The smallest absolute Gasteiger partial charge is 0.260 e. The van der Waals surface area contributed by atoms with Crippen molar-refractivity contribution in [3.63, 3.8) is 0 Å². The Morgan fingerprint density at radius 1 is 1.32 bits per heavy atom. The molecule has 5 nitrogen and oxygen atoms in total. The number of anilines is 1. The lowest BCUT2D eigenvalue weighted by molar-refractivity contribution is -0.134. The lowest BCUT2D eigenvalue weighted by Gasteiger charge is -2.40. The molecule has 0 bridgehead atoms. The fourth-order valence-corrected chi connectivity index (χ4v) is 4.43. The van der Waals surface area contributed by atoms with Crippen LogP contribution >= 0.6 is 0 Å². The molecule has 1 amide bonds. The zero-order valence-corrected chi connectivity index (χ0v) is 14.8. The van der Waals surface area contributed by atoms with Crippen molar-refractivity contribution in [3.05, 3.63) is 11.8 Å². The highest BCUT2D eigenvalue weighted by Crippen LogP contribution is 2.41. The van der Waals surface area contributed by atoms with Crippen LogP contribution in [-0.4, -0.2) is 46.1 Å². The van der Waals surface area contributed by atoms with Crippen LogP contribution in [0.1, 0.15) is 44.3 Å². The summed E-state index contributed by atoms with van der Waals surface area (Å²) >= 11 is 0. The first-order valence-electron chi connectivity index (χ1n) is 9.33. The van der Waals surface area contributed by atoms with E-state index in [1.165, 1.54) is 4.68 Å². The van der Waals surface area contributed by atoms with Crippen molar-refractivity contribution in [3.8, 4) is 0 Å². The summed E-state index contributed by atoms with van der Waals surface area (Å²) in [6.07, 6.45) is 0.758. The number of halogens is 2. The van der Waals surface area contributed by atoms with Gasteiger partial charge in [-0.15, -0.1) is 0 Å². The van der Waals surface area contributed by atoms with E-state index in [9.17, 15) is 13.6 Å². The first-order chi connectivity index (χ1) is 11.9. The molecule has 0 radical (unpaired) electrons. The third-order valence-corrected chi connectivity index (χ3v) is 6.14. The van der Waals surface area contributed by atoms with E-state index < -0.39 is 12.5 Å². The Labute approximate surface area is 146 Å². The molecule has 3 aliphatic rings. The number of carbonyl (C=O) groups is 1. The highest BCUT2D eigenvalue weighted by atomic mass is 19.3. The molecule has 1 saturated carbocycles. The van der Waals surface area contributed by atoms with Crippen molar-refractivity contribution in [1.82, 2.24) is 14.7 Å². The van der Waals surface area contributed by atoms with Gasteiger partial charge in [-0.3, -0.25) is 4.79 Å². The summed E-state index contributed by atoms with van der Waals surface area (Å²) in [6.45, 7) is 5.45. The molecule has 4 atom stereocenters. The predicted molar refractivity (Wildman–Crippen MR) is 90.6 cm³/mol. The summed E-state index contributed by atoms with van der Waals surface area (Å²) in [6, 6.07) is 1.01. The van der Waals surface area contributed by atoms with Crippen LogP contribution in [0.25, 0.3) is 0 Å². The van der Waals surface area contributed by atoms with E-state index in [1.54, 1.807) is 0 Å². The van der Waals surface area contributed by atoms with E-state index in [4.69, 9.17) is 0 Å². The van der Waals surface area contributed by atoms with Crippen LogP contribution < -0.4 is 5.32 Å². The molecule has 1 saturated heterocycles. The van der Waals surface area contributed by atoms with Gasteiger partial charge in [-0.2, -0.15) is 5.10 Å². The van der Waals surface area contributed by atoms with Crippen molar-refractivity contribution in [1.29, 1.82) is 0 Å². The van der Waals surface area contributed by atoms with E-state index in [1.807, 2.05) is 17.9 Å². The molecule has 1 aromatic rings. The van der Waals surface area contributed by atoms with Gasteiger partial charge >= 0.3 is 0 Å². The molecule has 2 fully saturated rings. The largest absolute Gasteiger partial charge is 0.367 e. The van der Waals surface area contributed by atoms with Gasteiger partial charge in [0, 0.05) is 31.1 Å². The van der Waals surface area contributed by atoms with E-state index >= 15 is 0 Å². The molecule has 1 N–H and O–H groups in total. The van der Waals surface area contributed by atoms with Gasteiger partial charge in [-0.1, -0.05) is 6.92 Å². The Morgan fingerprint density at radius 2 is 2.00 bits per heavy atom. The van der Waals surface area contributed by atoms with Crippen LogP contribution in [0, 0.1) is 24.7 Å². The van der Waals surface area contributed by atoms with Crippen molar-refractivity contribution >= 4 is 11.7 Å². The number of hydrogen-bond donors (Lipinski definition) is 1. The van der Waals surface area contributed by atoms with Gasteiger partial charge in [0.15, 0.2) is 0 Å². The third-order valence-electron chi connectivity index (χ3n) is 6.14. The lowest BCUT2D eigenvalue weighted by Crippen LogP contribution is -2.46. The van der Waals surface area contributed by atoms with Crippen LogP contribution in [0.15, 0.2) is 6.07 Å². The van der Waals surface area contributed by atoms with E-state index in [0.717, 1.165) is 38.0 Å². The number of piperidine rings is 1. The SMILES string of the molecule is Cc1cc2n(n1)[C@@H](C(F)F)C[C@@H](C1CCN(C(=O)[C@H]3C[C@H]3C)CC1)N2. The molecule has 3 heterocycles. The molecule has 0 spiro atoms. The molecular weight excluding hydrogens is 326 g/mol. The fourth-order valence-electron chi connectivity index (χ4n) is 4.43. The third kappa shape index (κ3) is 3.13. The zero-order chi connectivity index (χ0) is 17.7. The maximum Gasteiger partial charge on any atom is 0.260 e. The number of likely N-dealkylation sites (tertiary alicyclic amines) is 1. The number of amides is 1. The van der Waals surface area contributed by atoms with Gasteiger partial charge in [0.25, 0.3) is 6.43 Å². The second-order valence-electron chi connectivity index (χ2n) is 7.99. The Bertz CT molecular complexity index is 654. The minimum atomic E-state index is -2.42. The van der Waals surface area contributed by atoms with Crippen LogP contribution in [0.2, 0.25) is 0 Å². The maximum absolute atomic E-state index is 13.5.